The Morgan fingerprint density at radius 1 is 0.906 bits per heavy atom. The molecule has 0 saturated heterocycles. The molecule has 6 nitrogen and oxygen atoms in total. The number of rotatable bonds is 5. The summed E-state index contributed by atoms with van der Waals surface area (Å²) >= 11 is 1.36. The van der Waals surface area contributed by atoms with Crippen molar-refractivity contribution in [3.05, 3.63) is 88.5 Å². The third-order valence-corrected chi connectivity index (χ3v) is 6.38. The maximum absolute atomic E-state index is 12.9. The van der Waals surface area contributed by atoms with Gasteiger partial charge in [-0.1, -0.05) is 30.3 Å². The summed E-state index contributed by atoms with van der Waals surface area (Å²) in [6, 6.07) is 18.2. The molecule has 1 aliphatic heterocycles. The average Bonchev–Trinajstić information content (AvgIpc) is 3.50. The van der Waals surface area contributed by atoms with Gasteiger partial charge in [-0.15, -0.1) is 11.3 Å². The molecular formula is C25H22N4O2S. The number of carbonyl (C=O) groups excluding carboxylic acids is 2. The first-order valence-corrected chi connectivity index (χ1v) is 11.5. The van der Waals surface area contributed by atoms with Crippen LogP contribution in [0.5, 0.6) is 0 Å². The Morgan fingerprint density at radius 2 is 1.75 bits per heavy atom. The van der Waals surface area contributed by atoms with Crippen LogP contribution in [0.25, 0.3) is 11.3 Å². The first kappa shape index (κ1) is 20.2. The van der Waals surface area contributed by atoms with Crippen LogP contribution in [0.15, 0.2) is 72.2 Å². The Hall–Kier alpha value is -3.71. The monoisotopic (exact) mass is 442 g/mol. The highest BCUT2D eigenvalue weighted by Gasteiger charge is 2.16. The van der Waals surface area contributed by atoms with Gasteiger partial charge in [-0.25, -0.2) is 4.98 Å². The predicted molar refractivity (Wildman–Crippen MR) is 127 cm³/mol. The highest BCUT2D eigenvalue weighted by Crippen LogP contribution is 2.25. The normalized spacial score (nSPS) is 12.8. The van der Waals surface area contributed by atoms with Crippen molar-refractivity contribution in [3.8, 4) is 11.3 Å². The number of hydrogen-bond acceptors (Lipinski definition) is 4. The summed E-state index contributed by atoms with van der Waals surface area (Å²) in [7, 11) is 0. The molecule has 7 heteroatoms. The molecule has 0 radical (unpaired) electrons. The Labute approximate surface area is 189 Å². The predicted octanol–water partition coefficient (Wildman–Crippen LogP) is 5.45. The van der Waals surface area contributed by atoms with Gasteiger partial charge in [0.05, 0.1) is 21.8 Å². The first-order chi connectivity index (χ1) is 15.7. The number of nitrogens with one attached hydrogen (secondary N) is 2. The van der Waals surface area contributed by atoms with E-state index in [1.54, 1.807) is 30.3 Å². The van der Waals surface area contributed by atoms with Gasteiger partial charge in [0, 0.05) is 30.4 Å². The number of aryl methyl sites for hydroxylation is 2. The summed E-state index contributed by atoms with van der Waals surface area (Å²) < 4.78 is 2.23. The zero-order valence-corrected chi connectivity index (χ0v) is 18.2. The molecule has 0 unspecified atom stereocenters. The lowest BCUT2D eigenvalue weighted by atomic mass is 10.1. The SMILES string of the molecule is O=C(Nc1ccccc1C(=O)Nc1ccc(-c2cn3c(n2)CCCC3)cc1)c1cccs1. The highest BCUT2D eigenvalue weighted by atomic mass is 32.1. The smallest absolute Gasteiger partial charge is 0.265 e. The van der Waals surface area contributed by atoms with Crippen molar-refractivity contribution >= 4 is 34.5 Å². The Balaban J connectivity index is 1.30. The van der Waals surface area contributed by atoms with Gasteiger partial charge in [0.25, 0.3) is 11.8 Å². The molecule has 160 valence electrons. The van der Waals surface area contributed by atoms with E-state index in [-0.39, 0.29) is 11.8 Å². The van der Waals surface area contributed by atoms with Crippen molar-refractivity contribution in [1.29, 1.82) is 0 Å². The lowest BCUT2D eigenvalue weighted by Crippen LogP contribution is -2.17. The molecule has 2 N–H and O–H groups in total. The number of para-hydroxylation sites is 1. The zero-order chi connectivity index (χ0) is 21.9. The van der Waals surface area contributed by atoms with Crippen LogP contribution in [-0.2, 0) is 13.0 Å². The van der Waals surface area contributed by atoms with Crippen LogP contribution < -0.4 is 10.6 Å². The van der Waals surface area contributed by atoms with Crippen molar-refractivity contribution in [3.63, 3.8) is 0 Å². The molecule has 0 atom stereocenters. The molecular weight excluding hydrogens is 420 g/mol. The second-order valence-electron chi connectivity index (χ2n) is 7.70. The van der Waals surface area contributed by atoms with Gasteiger partial charge < -0.3 is 15.2 Å². The van der Waals surface area contributed by atoms with E-state index in [0.717, 1.165) is 30.0 Å². The molecule has 0 fully saturated rings. The van der Waals surface area contributed by atoms with E-state index in [2.05, 4.69) is 21.4 Å². The van der Waals surface area contributed by atoms with Crippen molar-refractivity contribution < 1.29 is 9.59 Å². The average molecular weight is 443 g/mol. The van der Waals surface area contributed by atoms with Gasteiger partial charge in [-0.2, -0.15) is 0 Å². The molecule has 2 aromatic carbocycles. The summed E-state index contributed by atoms with van der Waals surface area (Å²) in [6.45, 7) is 1.03. The standard InChI is InChI=1S/C25H22N4O2S/c30-24(19-6-1-2-7-20(19)28-25(31)22-8-5-15-32-22)26-18-12-10-17(11-13-18)21-16-29-14-4-3-9-23(29)27-21/h1-2,5-8,10-13,15-16H,3-4,9,14H2,(H,26,30)(H,28,31). The highest BCUT2D eigenvalue weighted by molar-refractivity contribution is 7.12. The quantitative estimate of drug-likeness (QED) is 0.431. The van der Waals surface area contributed by atoms with E-state index in [0.29, 0.717) is 21.8 Å². The zero-order valence-electron chi connectivity index (χ0n) is 17.4. The minimum atomic E-state index is -0.280. The molecule has 2 amide bonds. The maximum Gasteiger partial charge on any atom is 0.265 e. The summed E-state index contributed by atoms with van der Waals surface area (Å²) in [5, 5.41) is 7.60. The van der Waals surface area contributed by atoms with Crippen LogP contribution in [0.4, 0.5) is 11.4 Å². The van der Waals surface area contributed by atoms with Crippen LogP contribution in [0.2, 0.25) is 0 Å². The summed E-state index contributed by atoms with van der Waals surface area (Å²) in [4.78, 5) is 30.7. The van der Waals surface area contributed by atoms with Crippen molar-refractivity contribution in [2.24, 2.45) is 0 Å². The maximum atomic E-state index is 12.9. The number of anilines is 2. The summed E-state index contributed by atoms with van der Waals surface area (Å²) in [6.07, 6.45) is 5.52. The summed E-state index contributed by atoms with van der Waals surface area (Å²) in [5.74, 6) is 0.634. The number of nitrogens with zero attached hydrogens (tertiary/aromatic N) is 2. The molecule has 3 heterocycles. The minimum Gasteiger partial charge on any atom is -0.334 e. The molecule has 4 aromatic rings. The third-order valence-electron chi connectivity index (χ3n) is 5.51. The van der Waals surface area contributed by atoms with Crippen LogP contribution in [0.1, 0.15) is 38.7 Å². The van der Waals surface area contributed by atoms with E-state index in [9.17, 15) is 9.59 Å². The molecule has 32 heavy (non-hydrogen) atoms. The second kappa shape index (κ2) is 8.80. The third kappa shape index (κ3) is 4.20. The minimum absolute atomic E-state index is 0.229. The van der Waals surface area contributed by atoms with E-state index in [4.69, 9.17) is 4.98 Å². The number of hydrogen-bond donors (Lipinski definition) is 2. The molecule has 0 bridgehead atoms. The van der Waals surface area contributed by atoms with Gasteiger partial charge in [0.15, 0.2) is 0 Å². The topological polar surface area (TPSA) is 76.0 Å². The molecule has 2 aromatic heterocycles. The Bertz CT molecular complexity index is 1240. The van der Waals surface area contributed by atoms with Gasteiger partial charge in [-0.3, -0.25) is 9.59 Å². The van der Waals surface area contributed by atoms with E-state index in [1.807, 2.05) is 35.7 Å². The number of carbonyl (C=O) groups is 2. The number of imidazole rings is 1. The number of amides is 2. The van der Waals surface area contributed by atoms with E-state index in [1.165, 1.54) is 24.2 Å². The fourth-order valence-corrected chi connectivity index (χ4v) is 4.48. The van der Waals surface area contributed by atoms with E-state index >= 15 is 0 Å². The van der Waals surface area contributed by atoms with Crippen molar-refractivity contribution in [2.45, 2.75) is 25.8 Å². The van der Waals surface area contributed by atoms with Crippen molar-refractivity contribution in [2.75, 3.05) is 10.6 Å². The van der Waals surface area contributed by atoms with Crippen LogP contribution in [0, 0.1) is 0 Å². The number of thiophene rings is 1. The van der Waals surface area contributed by atoms with Gasteiger partial charge in [-0.05, 0) is 48.6 Å². The summed E-state index contributed by atoms with van der Waals surface area (Å²) in [5.41, 5.74) is 3.55. The molecule has 0 spiro atoms. The van der Waals surface area contributed by atoms with Gasteiger partial charge >= 0.3 is 0 Å². The molecule has 5 rings (SSSR count). The van der Waals surface area contributed by atoms with Crippen LogP contribution in [0.3, 0.4) is 0 Å². The van der Waals surface area contributed by atoms with E-state index < -0.39 is 0 Å². The van der Waals surface area contributed by atoms with Crippen LogP contribution in [-0.4, -0.2) is 21.4 Å². The Kier molecular flexibility index (Phi) is 5.56. The molecule has 1 aliphatic rings. The van der Waals surface area contributed by atoms with Gasteiger partial charge in [0.2, 0.25) is 0 Å². The lowest BCUT2D eigenvalue weighted by Gasteiger charge is -2.11. The van der Waals surface area contributed by atoms with Crippen LogP contribution >= 0.6 is 11.3 Å². The fourth-order valence-electron chi connectivity index (χ4n) is 3.86. The number of aromatic nitrogens is 2. The largest absolute Gasteiger partial charge is 0.334 e. The molecule has 0 aliphatic carbocycles. The Morgan fingerprint density at radius 3 is 2.53 bits per heavy atom. The fraction of sp³-hybridized carbons (Fsp3) is 0.160. The number of benzene rings is 2. The first-order valence-electron chi connectivity index (χ1n) is 10.6. The number of fused-ring (bicyclic) bond motifs is 1. The molecule has 0 saturated carbocycles. The van der Waals surface area contributed by atoms with Crippen molar-refractivity contribution in [1.82, 2.24) is 9.55 Å². The lowest BCUT2D eigenvalue weighted by molar-refractivity contribution is 0.102. The second-order valence-corrected chi connectivity index (χ2v) is 8.65. The van der Waals surface area contributed by atoms with Gasteiger partial charge in [0.1, 0.15) is 5.82 Å².